The Bertz CT molecular complexity index is 1900. The van der Waals surface area contributed by atoms with Gasteiger partial charge in [0.25, 0.3) is 0 Å². The number of rotatable bonds is 7. The molecule has 238 valence electrons. The second-order valence-corrected chi connectivity index (χ2v) is 12.6. The number of carbonyl (C=O) groups is 3. The van der Waals surface area contributed by atoms with Crippen LogP contribution in [0.5, 0.6) is 5.75 Å². The summed E-state index contributed by atoms with van der Waals surface area (Å²) in [5.74, 6) is -1.15. The summed E-state index contributed by atoms with van der Waals surface area (Å²) in [6.45, 7) is 5.72. The highest BCUT2D eigenvalue weighted by Crippen LogP contribution is 2.61. The Kier molecular flexibility index (Phi) is 7.98. The summed E-state index contributed by atoms with van der Waals surface area (Å²) in [6.07, 6.45) is 0.454. The lowest BCUT2D eigenvalue weighted by molar-refractivity contribution is -0.142. The second kappa shape index (κ2) is 12.0. The number of nitrogens with zero attached hydrogens (tertiary/aromatic N) is 3. The number of nitrogens with two attached hydrogens (primary N) is 1. The maximum absolute atomic E-state index is 15.4. The molecule has 0 bridgehead atoms. The molecule has 3 aromatic carbocycles. The highest BCUT2D eigenvalue weighted by molar-refractivity contribution is 6.22. The summed E-state index contributed by atoms with van der Waals surface area (Å²) in [5.41, 5.74) is 6.83. The molecule has 9 heteroatoms. The van der Waals surface area contributed by atoms with Crippen LogP contribution in [0, 0.1) is 22.2 Å². The zero-order valence-electron chi connectivity index (χ0n) is 26.9. The highest BCUT2D eigenvalue weighted by atomic mass is 16.5. The van der Waals surface area contributed by atoms with Crippen LogP contribution in [0.3, 0.4) is 0 Å². The summed E-state index contributed by atoms with van der Waals surface area (Å²) in [7, 11) is 1.56. The fourth-order valence-corrected chi connectivity index (χ4v) is 7.10. The molecule has 3 aliphatic rings. The molecule has 6 rings (SSSR count). The Morgan fingerprint density at radius 3 is 2.19 bits per heavy atom. The van der Waals surface area contributed by atoms with Crippen molar-refractivity contribution in [1.82, 2.24) is 4.90 Å². The van der Waals surface area contributed by atoms with Crippen LogP contribution in [0.1, 0.15) is 44.7 Å². The predicted molar refractivity (Wildman–Crippen MR) is 177 cm³/mol. The zero-order chi connectivity index (χ0) is 33.5. The fourth-order valence-electron chi connectivity index (χ4n) is 7.10. The number of anilines is 1. The third kappa shape index (κ3) is 4.97. The topological polar surface area (TPSA) is 126 Å². The van der Waals surface area contributed by atoms with Crippen molar-refractivity contribution in [3.8, 4) is 11.8 Å². The molecule has 1 aliphatic carbocycles. The summed E-state index contributed by atoms with van der Waals surface area (Å²) < 4.78 is 11.0. The van der Waals surface area contributed by atoms with Crippen molar-refractivity contribution >= 4 is 29.0 Å². The van der Waals surface area contributed by atoms with Crippen LogP contribution in [-0.4, -0.2) is 36.3 Å². The van der Waals surface area contributed by atoms with Crippen LogP contribution in [0.4, 0.5) is 5.69 Å². The molecule has 1 atom stereocenters. The molecule has 1 spiro atoms. The maximum Gasteiger partial charge on any atom is 0.337 e. The number of allylic oxidation sites excluding steroid dienone is 1. The van der Waals surface area contributed by atoms with Crippen LogP contribution in [0.25, 0.3) is 5.70 Å². The third-order valence-electron chi connectivity index (χ3n) is 8.97. The minimum Gasteiger partial charge on any atom is -0.497 e. The number of carbonyl (C=O) groups excluding carboxylic acids is 3. The molecule has 9 nitrogen and oxygen atoms in total. The number of amides is 1. The summed E-state index contributed by atoms with van der Waals surface area (Å²) >= 11 is 0. The molecule has 2 aliphatic heterocycles. The monoisotopic (exact) mass is 628 g/mol. The first-order valence-electron chi connectivity index (χ1n) is 15.5. The van der Waals surface area contributed by atoms with E-state index in [0.717, 1.165) is 5.56 Å². The van der Waals surface area contributed by atoms with Crippen molar-refractivity contribution in [1.29, 1.82) is 5.26 Å². The van der Waals surface area contributed by atoms with E-state index in [9.17, 15) is 14.9 Å². The number of Topliss-reactive ketones (excluding diaryl/α,β-unsaturated/α-hetero) is 1. The highest BCUT2D eigenvalue weighted by Gasteiger charge is 2.66. The van der Waals surface area contributed by atoms with Gasteiger partial charge in [0.1, 0.15) is 17.6 Å². The molecule has 0 aromatic heterocycles. The molecular weight excluding hydrogens is 592 g/mol. The molecule has 2 N–H and O–H groups in total. The lowest BCUT2D eigenvalue weighted by atomic mass is 9.60. The quantitative estimate of drug-likeness (QED) is 0.323. The van der Waals surface area contributed by atoms with Crippen LogP contribution < -0.4 is 15.4 Å². The largest absolute Gasteiger partial charge is 0.497 e. The SMILES string of the molecule is CCOC(=O)C1=C(c2ccccc2)N(Cc2ccccc2)C(=O)C12C(C#N)=C(N)N(c1ccc(OC)cc1)C1=C2C(=O)CC(C)(C)C1. The van der Waals surface area contributed by atoms with E-state index < -0.39 is 22.7 Å². The van der Waals surface area contributed by atoms with E-state index in [4.69, 9.17) is 15.2 Å². The number of benzene rings is 3. The number of ketones is 1. The van der Waals surface area contributed by atoms with Crippen molar-refractivity contribution in [2.24, 2.45) is 16.6 Å². The average molecular weight is 629 g/mol. The number of nitriles is 1. The van der Waals surface area contributed by atoms with Gasteiger partial charge in [0.15, 0.2) is 11.2 Å². The number of hydrogen-bond donors (Lipinski definition) is 1. The lowest BCUT2D eigenvalue weighted by Gasteiger charge is -2.47. The van der Waals surface area contributed by atoms with E-state index in [0.29, 0.717) is 29.1 Å². The Morgan fingerprint density at radius 1 is 0.957 bits per heavy atom. The number of ether oxygens (including phenoxy) is 2. The van der Waals surface area contributed by atoms with Crippen molar-refractivity contribution in [2.75, 3.05) is 18.6 Å². The number of hydrogen-bond acceptors (Lipinski definition) is 8. The minimum absolute atomic E-state index is 0.0132. The Hall–Kier alpha value is -5.62. The smallest absolute Gasteiger partial charge is 0.337 e. The van der Waals surface area contributed by atoms with Crippen molar-refractivity contribution < 1.29 is 23.9 Å². The van der Waals surface area contributed by atoms with Crippen molar-refractivity contribution in [2.45, 2.75) is 40.2 Å². The molecule has 0 fully saturated rings. The van der Waals surface area contributed by atoms with Gasteiger partial charge in [-0.25, -0.2) is 4.79 Å². The average Bonchev–Trinajstić information content (AvgIpc) is 3.29. The number of methoxy groups -OCH3 is 1. The van der Waals surface area contributed by atoms with Crippen LogP contribution in [-0.2, 0) is 25.7 Å². The van der Waals surface area contributed by atoms with Crippen molar-refractivity contribution in [3.05, 3.63) is 124 Å². The fraction of sp³-hybridized carbons (Fsp3) is 0.263. The molecule has 47 heavy (non-hydrogen) atoms. The maximum atomic E-state index is 15.4. The second-order valence-electron chi connectivity index (χ2n) is 12.6. The van der Waals surface area contributed by atoms with E-state index in [1.807, 2.05) is 62.4 Å². The van der Waals surface area contributed by atoms with Gasteiger partial charge < -0.3 is 20.1 Å². The Labute approximate surface area is 274 Å². The van der Waals surface area contributed by atoms with E-state index >= 15 is 4.79 Å². The minimum atomic E-state index is -2.13. The van der Waals surface area contributed by atoms with E-state index in [1.54, 1.807) is 55.3 Å². The predicted octanol–water partition coefficient (Wildman–Crippen LogP) is 5.86. The van der Waals surface area contributed by atoms with E-state index in [2.05, 4.69) is 6.07 Å². The standard InChI is InChI=1S/C38H36N4O5/c1-5-47-35(44)32-33(25-14-10-7-11-15-25)41(23-24-12-8-6-9-13-24)36(45)38(32)28(22-39)34(40)42(26-16-18-27(46-4)19-17-26)29-20-37(2,3)21-30(43)31(29)38/h6-19H,5,20-21,23,40H2,1-4H3. The normalized spacial score (nSPS) is 20.5. The van der Waals surface area contributed by atoms with Gasteiger partial charge in [0.05, 0.1) is 37.1 Å². The van der Waals surface area contributed by atoms with Crippen LogP contribution >= 0.6 is 0 Å². The first kappa shape index (κ1) is 31.4. The van der Waals surface area contributed by atoms with Gasteiger partial charge in [0.2, 0.25) is 5.91 Å². The van der Waals surface area contributed by atoms with Gasteiger partial charge in [-0.3, -0.25) is 14.5 Å². The summed E-state index contributed by atoms with van der Waals surface area (Å²) in [5, 5.41) is 11.0. The molecule has 3 aromatic rings. The number of esters is 1. The van der Waals surface area contributed by atoms with Gasteiger partial charge in [-0.1, -0.05) is 74.5 Å². The van der Waals surface area contributed by atoms with E-state index in [-0.39, 0.29) is 53.6 Å². The van der Waals surface area contributed by atoms with Gasteiger partial charge in [-0.15, -0.1) is 0 Å². The summed E-state index contributed by atoms with van der Waals surface area (Å²) in [4.78, 5) is 47.5. The molecular formula is C38H36N4O5. The Balaban J connectivity index is 1.74. The van der Waals surface area contributed by atoms with Gasteiger partial charge in [-0.2, -0.15) is 5.26 Å². The lowest BCUT2D eigenvalue weighted by Crippen LogP contribution is -2.52. The first-order valence-corrected chi connectivity index (χ1v) is 15.5. The zero-order valence-corrected chi connectivity index (χ0v) is 26.9. The molecule has 0 radical (unpaired) electrons. The third-order valence-corrected chi connectivity index (χ3v) is 8.97. The number of fused-ring (bicyclic) bond motifs is 1. The van der Waals surface area contributed by atoms with Gasteiger partial charge in [-0.05, 0) is 54.2 Å². The first-order chi connectivity index (χ1) is 22.6. The molecule has 1 amide bonds. The Morgan fingerprint density at radius 2 is 1.60 bits per heavy atom. The van der Waals surface area contributed by atoms with Gasteiger partial charge >= 0.3 is 5.97 Å². The molecule has 0 saturated carbocycles. The molecule has 2 heterocycles. The van der Waals surface area contributed by atoms with E-state index in [1.165, 1.54) is 4.90 Å². The van der Waals surface area contributed by atoms with Gasteiger partial charge in [0, 0.05) is 23.4 Å². The van der Waals surface area contributed by atoms with Crippen molar-refractivity contribution in [3.63, 3.8) is 0 Å². The summed E-state index contributed by atoms with van der Waals surface area (Å²) in [6, 6.07) is 27.7. The molecule has 1 unspecified atom stereocenters. The van der Waals surface area contributed by atoms with Crippen LogP contribution in [0.15, 0.2) is 113 Å². The van der Waals surface area contributed by atoms with Crippen LogP contribution in [0.2, 0.25) is 0 Å². The molecule has 0 saturated heterocycles.